The summed E-state index contributed by atoms with van der Waals surface area (Å²) in [5, 5.41) is 74.3. The molecule has 2 fully saturated rings. The number of hydrogen-bond donors (Lipinski definition) is 17. The van der Waals surface area contributed by atoms with Crippen molar-refractivity contribution in [1.82, 2.24) is 57.7 Å². The van der Waals surface area contributed by atoms with Crippen molar-refractivity contribution in [2.45, 2.75) is 158 Å². The number of phenols is 1. The number of unbranched alkanes of at least 4 members (excludes halogenated alkanes) is 1. The number of aliphatic hydroxyl groups is 2. The minimum atomic E-state index is -1.97. The van der Waals surface area contributed by atoms with Gasteiger partial charge in [-0.15, -0.1) is 0 Å². The lowest BCUT2D eigenvalue weighted by atomic mass is 10.0. The monoisotopic (exact) mass is 1360 g/mol. The van der Waals surface area contributed by atoms with E-state index in [1.54, 1.807) is 60.8 Å². The number of benzene rings is 3. The van der Waals surface area contributed by atoms with Gasteiger partial charge in [0.1, 0.15) is 66.2 Å². The number of hydrogen-bond acceptors (Lipinski definition) is 19. The summed E-state index contributed by atoms with van der Waals surface area (Å²) in [7, 11) is 1.68. The molecule has 0 radical (unpaired) electrons. The number of fused-ring (bicyclic) bond motifs is 1. The Kier molecular flexibility index (Phi) is 29.1. The highest BCUT2D eigenvalue weighted by Crippen LogP contribution is 2.26. The average Bonchev–Trinajstić information content (AvgIpc) is 1.75. The van der Waals surface area contributed by atoms with Gasteiger partial charge in [0.2, 0.25) is 59.1 Å². The van der Waals surface area contributed by atoms with Crippen molar-refractivity contribution in [2.75, 3.05) is 31.2 Å². The van der Waals surface area contributed by atoms with E-state index in [0.717, 1.165) is 26.5 Å². The van der Waals surface area contributed by atoms with Crippen molar-refractivity contribution in [3.63, 3.8) is 0 Å². The Labute approximate surface area is 555 Å². The molecule has 19 N–H and O–H groups in total. The van der Waals surface area contributed by atoms with Gasteiger partial charge in [0.25, 0.3) is 0 Å². The molecule has 3 aromatic carbocycles. The van der Waals surface area contributed by atoms with E-state index >= 15 is 14.4 Å². The number of H-pyrrole nitrogens is 1. The first-order chi connectivity index (χ1) is 45.3. The molecule has 2 saturated heterocycles. The fourth-order valence-electron chi connectivity index (χ4n) is 10.7. The number of amides is 10. The van der Waals surface area contributed by atoms with Gasteiger partial charge in [-0.2, -0.15) is 0 Å². The lowest BCUT2D eigenvalue weighted by Gasteiger charge is -2.31. The first-order valence-corrected chi connectivity index (χ1v) is 33.6. The van der Waals surface area contributed by atoms with Crippen molar-refractivity contribution < 1.29 is 83.1 Å². The molecule has 95 heavy (non-hydrogen) atoms. The van der Waals surface area contributed by atoms with E-state index in [2.05, 4.69) is 52.8 Å². The third-order valence-electron chi connectivity index (χ3n) is 16.0. The number of aromatic amines is 1. The minimum absolute atomic E-state index is 0.0193. The number of likely N-dealkylation sites (tertiary alicyclic amines) is 1. The molecule has 0 spiro atoms. The summed E-state index contributed by atoms with van der Waals surface area (Å²) in [6.07, 6.45) is -1.01. The number of rotatable bonds is 26. The van der Waals surface area contributed by atoms with Gasteiger partial charge in [-0.3, -0.25) is 52.7 Å². The SMILES string of the molecule is CC(C)[C@H](NC(=O)[C@@H]1CSSC[C@H](NC(=O)[C@H](CC(=O)O)NC(=O)[C@@H]2CCCN2C(=O)[C@@H](NC(=O)[C@@H](N)CCO)[C@@H](C)O)C(=O)N[C@@H](Cc2ccccc2)C(=O)N[C@@H](Cc2c[nH]c3ccccc23)C(=O)N[C@@H](CCCCN)C(=O)N[C@@H](Cc2ccc(O)cc2)C(=O)N1)C(=O)O. The normalized spacial score (nSPS) is 21.8. The molecule has 516 valence electrons. The molecule has 2 aliphatic rings. The highest BCUT2D eigenvalue weighted by Gasteiger charge is 2.42. The van der Waals surface area contributed by atoms with Crippen LogP contribution in [0.2, 0.25) is 0 Å². The molecule has 12 atom stereocenters. The molecule has 0 bridgehead atoms. The summed E-state index contributed by atoms with van der Waals surface area (Å²) in [5.41, 5.74) is 13.9. The van der Waals surface area contributed by atoms with Gasteiger partial charge in [0, 0.05) is 61.0 Å². The molecule has 6 rings (SSSR count). The van der Waals surface area contributed by atoms with Crippen LogP contribution in [-0.4, -0.2) is 210 Å². The number of aliphatic hydroxyl groups excluding tert-OH is 2. The number of aromatic nitrogens is 1. The maximum Gasteiger partial charge on any atom is 0.326 e. The Morgan fingerprint density at radius 1 is 0.674 bits per heavy atom. The lowest BCUT2D eigenvalue weighted by molar-refractivity contribution is -0.145. The molecule has 0 unspecified atom stereocenters. The second kappa shape index (κ2) is 36.7. The van der Waals surface area contributed by atoms with Crippen LogP contribution in [0.15, 0.2) is 85.1 Å². The van der Waals surface area contributed by atoms with Gasteiger partial charge in [-0.25, -0.2) is 4.79 Å². The zero-order valence-corrected chi connectivity index (χ0v) is 54.4. The number of nitrogens with two attached hydrogens (primary N) is 2. The lowest BCUT2D eigenvalue weighted by Crippen LogP contribution is -2.62. The summed E-state index contributed by atoms with van der Waals surface area (Å²) in [5.74, 6) is -14.4. The van der Waals surface area contributed by atoms with E-state index in [0.29, 0.717) is 34.0 Å². The molecular weight excluding hydrogens is 1270 g/mol. The second-order valence-corrected chi connectivity index (χ2v) is 26.2. The third kappa shape index (κ3) is 22.4. The Bertz CT molecular complexity index is 3340. The molecular formula is C63H85N13O17S2. The fraction of sp³-hybridized carbons (Fsp3) is 0.492. The van der Waals surface area contributed by atoms with E-state index in [1.165, 1.54) is 45.0 Å². The summed E-state index contributed by atoms with van der Waals surface area (Å²) < 4.78 is 0. The maximum atomic E-state index is 15.1. The standard InChI is InChI=1S/C63H85N13O17S2/c1-33(2)51(63(92)93)74-60(89)48-32-95-94-31-47(72-58(87)46(29-50(80)81)71-61(90)49-17-11-24-76(49)62(91)52(34(3)78)75-53(82)40(65)22-25-77)59(88)69-43(26-35-12-5-4-6-13-35)55(84)70-45(28-37-30-66-41-15-8-7-14-39(37)41)57(86)67-42(16-9-10-23-64)54(83)68-44(56(85)73-48)27-36-18-20-38(79)21-19-36/h4-8,12-15,18-21,30,33-34,40,42-49,51-52,66,77-79H,9-11,16-17,22-29,31-32,64-65H2,1-3H3,(H,67,86)(H,68,83)(H,69,88)(H,70,84)(H,71,90)(H,72,87)(H,73,85)(H,74,89)(H,75,82)(H,80,81)(H,92,93)/t34-,40+,42+,43+,44+,45+,46+,47+,48+,49+,51+,52+/m1/s1. The largest absolute Gasteiger partial charge is 0.508 e. The molecule has 10 amide bonds. The molecule has 30 nitrogen and oxygen atoms in total. The summed E-state index contributed by atoms with van der Waals surface area (Å²) >= 11 is 0. The number of carboxylic acid groups (broad SMARTS) is 2. The molecule has 4 aromatic rings. The van der Waals surface area contributed by atoms with Crippen LogP contribution in [0.25, 0.3) is 10.9 Å². The number of carboxylic acids is 2. The molecule has 3 heterocycles. The van der Waals surface area contributed by atoms with E-state index < -0.39 is 174 Å². The fourth-order valence-corrected chi connectivity index (χ4v) is 13.0. The molecule has 0 aliphatic carbocycles. The zero-order valence-electron chi connectivity index (χ0n) is 52.7. The number of carbonyl (C=O) groups excluding carboxylic acids is 10. The minimum Gasteiger partial charge on any atom is -0.508 e. The maximum absolute atomic E-state index is 15.1. The summed E-state index contributed by atoms with van der Waals surface area (Å²) in [6.45, 7) is 3.95. The first-order valence-electron chi connectivity index (χ1n) is 31.1. The average molecular weight is 1360 g/mol. The predicted octanol–water partition coefficient (Wildman–Crippen LogP) is -1.91. The third-order valence-corrected chi connectivity index (χ3v) is 18.4. The number of carbonyl (C=O) groups is 12. The number of nitrogens with zero attached hydrogens (tertiary/aromatic N) is 1. The predicted molar refractivity (Wildman–Crippen MR) is 350 cm³/mol. The number of para-hydroxylation sites is 1. The quantitative estimate of drug-likeness (QED) is 0.0241. The van der Waals surface area contributed by atoms with Gasteiger partial charge in [0.15, 0.2) is 0 Å². The van der Waals surface area contributed by atoms with Crippen LogP contribution < -0.4 is 59.3 Å². The zero-order chi connectivity index (χ0) is 69.5. The van der Waals surface area contributed by atoms with Crippen molar-refractivity contribution in [1.29, 1.82) is 0 Å². The topological polar surface area (TPSA) is 485 Å². The highest BCUT2D eigenvalue weighted by molar-refractivity contribution is 8.76. The van der Waals surface area contributed by atoms with Gasteiger partial charge in [-0.1, -0.05) is 96.1 Å². The van der Waals surface area contributed by atoms with Crippen LogP contribution in [0.3, 0.4) is 0 Å². The number of nitrogens with one attached hydrogen (secondary N) is 10. The Hall–Kier alpha value is -8.82. The van der Waals surface area contributed by atoms with Gasteiger partial charge in [0.05, 0.1) is 18.6 Å². The number of aliphatic carboxylic acids is 2. The molecule has 32 heteroatoms. The second-order valence-electron chi connectivity index (χ2n) is 23.6. The van der Waals surface area contributed by atoms with Crippen LogP contribution in [0.5, 0.6) is 5.75 Å². The van der Waals surface area contributed by atoms with E-state index in [-0.39, 0.29) is 70.2 Å². The Morgan fingerprint density at radius 3 is 1.88 bits per heavy atom. The van der Waals surface area contributed by atoms with Gasteiger partial charge < -0.3 is 94.7 Å². The Balaban J connectivity index is 1.42. The van der Waals surface area contributed by atoms with E-state index in [4.69, 9.17) is 11.5 Å². The first kappa shape index (κ1) is 75.2. The van der Waals surface area contributed by atoms with Crippen LogP contribution in [0.1, 0.15) is 82.4 Å². The highest BCUT2D eigenvalue weighted by atomic mass is 33.1. The van der Waals surface area contributed by atoms with Crippen molar-refractivity contribution in [3.05, 3.63) is 102 Å². The summed E-state index contributed by atoms with van der Waals surface area (Å²) in [6, 6.07) is 4.09. The van der Waals surface area contributed by atoms with Crippen LogP contribution in [-0.2, 0) is 76.8 Å². The van der Waals surface area contributed by atoms with Gasteiger partial charge in [-0.05, 0) is 92.8 Å². The van der Waals surface area contributed by atoms with Crippen LogP contribution >= 0.6 is 21.6 Å². The Morgan fingerprint density at radius 2 is 1.26 bits per heavy atom. The van der Waals surface area contributed by atoms with E-state index in [1.807, 2.05) is 0 Å². The number of aromatic hydroxyl groups is 1. The molecule has 2 aliphatic heterocycles. The molecule has 1 aromatic heterocycles. The van der Waals surface area contributed by atoms with Crippen LogP contribution in [0.4, 0.5) is 0 Å². The van der Waals surface area contributed by atoms with Crippen molar-refractivity contribution in [2.24, 2.45) is 17.4 Å². The molecule has 0 saturated carbocycles. The van der Waals surface area contributed by atoms with Gasteiger partial charge >= 0.3 is 11.9 Å². The number of phenolic OH excluding ortho intramolecular Hbond substituents is 1. The summed E-state index contributed by atoms with van der Waals surface area (Å²) in [4.78, 5) is 174. The van der Waals surface area contributed by atoms with Crippen LogP contribution in [0, 0.1) is 5.92 Å². The van der Waals surface area contributed by atoms with Crippen molar-refractivity contribution >= 4 is 104 Å². The van der Waals surface area contributed by atoms with Crippen molar-refractivity contribution in [3.8, 4) is 5.75 Å². The van der Waals surface area contributed by atoms with E-state index in [9.17, 15) is 68.7 Å². The smallest absolute Gasteiger partial charge is 0.326 e.